The summed E-state index contributed by atoms with van der Waals surface area (Å²) >= 11 is 3.35. The molecule has 0 spiro atoms. The number of nitrogens with one attached hydrogen (secondary N) is 1. The SMILES string of the molecule is CS(=O)(=O)Nc1ccc(C(=O)C=Cc2ccc(Br)cc2)cc1. The molecule has 0 fully saturated rings. The van der Waals surface area contributed by atoms with Crippen LogP contribution in [-0.4, -0.2) is 20.5 Å². The molecule has 4 nitrogen and oxygen atoms in total. The molecule has 1 N–H and O–H groups in total. The van der Waals surface area contributed by atoms with Crippen LogP contribution in [-0.2, 0) is 10.0 Å². The zero-order valence-corrected chi connectivity index (χ0v) is 14.2. The van der Waals surface area contributed by atoms with Crippen LogP contribution < -0.4 is 4.72 Å². The molecule has 6 heteroatoms. The third kappa shape index (κ3) is 5.13. The summed E-state index contributed by atoms with van der Waals surface area (Å²) in [5, 5.41) is 0. The van der Waals surface area contributed by atoms with Crippen molar-refractivity contribution in [3.63, 3.8) is 0 Å². The van der Waals surface area contributed by atoms with E-state index in [-0.39, 0.29) is 5.78 Å². The molecule has 0 bridgehead atoms. The monoisotopic (exact) mass is 379 g/mol. The Hall–Kier alpha value is -1.92. The molecule has 114 valence electrons. The number of benzene rings is 2. The van der Waals surface area contributed by atoms with Gasteiger partial charge < -0.3 is 0 Å². The van der Waals surface area contributed by atoms with Crippen LogP contribution in [0.15, 0.2) is 59.1 Å². The Kier molecular flexibility index (Phi) is 5.15. The Balaban J connectivity index is 2.08. The van der Waals surface area contributed by atoms with Crippen molar-refractivity contribution in [2.24, 2.45) is 0 Å². The highest BCUT2D eigenvalue weighted by molar-refractivity contribution is 9.10. The third-order valence-corrected chi connectivity index (χ3v) is 3.90. The Bertz CT molecular complexity index is 794. The van der Waals surface area contributed by atoms with Gasteiger partial charge in [-0.1, -0.05) is 34.1 Å². The molecule has 2 aromatic carbocycles. The summed E-state index contributed by atoms with van der Waals surface area (Å²) in [4.78, 5) is 12.0. The van der Waals surface area contributed by atoms with E-state index in [9.17, 15) is 13.2 Å². The molecule has 0 aliphatic rings. The number of sulfonamides is 1. The maximum atomic E-state index is 12.0. The Labute approximate surface area is 138 Å². The molecule has 0 aliphatic carbocycles. The van der Waals surface area contributed by atoms with Gasteiger partial charge in [-0.05, 0) is 48.0 Å². The van der Waals surface area contributed by atoms with Crippen molar-refractivity contribution in [2.45, 2.75) is 0 Å². The van der Waals surface area contributed by atoms with E-state index in [1.54, 1.807) is 30.3 Å². The van der Waals surface area contributed by atoms with Gasteiger partial charge in [0.05, 0.1) is 6.26 Å². The molecule has 2 aromatic rings. The predicted octanol–water partition coefficient (Wildman–Crippen LogP) is 3.72. The van der Waals surface area contributed by atoms with Crippen molar-refractivity contribution >= 4 is 43.5 Å². The van der Waals surface area contributed by atoms with Crippen molar-refractivity contribution in [3.05, 3.63) is 70.2 Å². The third-order valence-electron chi connectivity index (χ3n) is 2.77. The van der Waals surface area contributed by atoms with Gasteiger partial charge in [-0.15, -0.1) is 0 Å². The van der Waals surface area contributed by atoms with Crippen LogP contribution >= 0.6 is 15.9 Å². The molecule has 0 aromatic heterocycles. The summed E-state index contributed by atoms with van der Waals surface area (Å²) in [7, 11) is -3.31. The molecule has 0 saturated heterocycles. The van der Waals surface area contributed by atoms with Gasteiger partial charge in [0.2, 0.25) is 10.0 Å². The average Bonchev–Trinajstić information content (AvgIpc) is 2.45. The van der Waals surface area contributed by atoms with Crippen molar-refractivity contribution in [1.29, 1.82) is 0 Å². The van der Waals surface area contributed by atoms with Crippen LogP contribution in [0.3, 0.4) is 0 Å². The first-order valence-electron chi connectivity index (χ1n) is 6.39. The lowest BCUT2D eigenvalue weighted by Crippen LogP contribution is -2.09. The molecule has 0 saturated carbocycles. The topological polar surface area (TPSA) is 63.2 Å². The Morgan fingerprint density at radius 2 is 1.64 bits per heavy atom. The van der Waals surface area contributed by atoms with Gasteiger partial charge in [0.15, 0.2) is 5.78 Å². The van der Waals surface area contributed by atoms with Gasteiger partial charge in [-0.25, -0.2) is 8.42 Å². The maximum Gasteiger partial charge on any atom is 0.229 e. The number of hydrogen-bond donors (Lipinski definition) is 1. The van der Waals surface area contributed by atoms with E-state index in [0.717, 1.165) is 16.3 Å². The number of anilines is 1. The summed E-state index contributed by atoms with van der Waals surface area (Å²) < 4.78 is 25.5. The first-order valence-corrected chi connectivity index (χ1v) is 9.08. The van der Waals surface area contributed by atoms with Gasteiger partial charge in [0, 0.05) is 15.7 Å². The first kappa shape index (κ1) is 16.5. The smallest absolute Gasteiger partial charge is 0.229 e. The summed E-state index contributed by atoms with van der Waals surface area (Å²) in [6.45, 7) is 0. The normalized spacial score (nSPS) is 11.5. The molecular weight excluding hydrogens is 366 g/mol. The van der Waals surface area contributed by atoms with E-state index in [4.69, 9.17) is 0 Å². The lowest BCUT2D eigenvalue weighted by molar-refractivity contribution is 0.104. The van der Waals surface area contributed by atoms with E-state index >= 15 is 0 Å². The molecule has 0 unspecified atom stereocenters. The van der Waals surface area contributed by atoms with Gasteiger partial charge in [-0.3, -0.25) is 9.52 Å². The van der Waals surface area contributed by atoms with E-state index in [0.29, 0.717) is 11.3 Å². The Morgan fingerprint density at radius 1 is 1.05 bits per heavy atom. The van der Waals surface area contributed by atoms with Crippen molar-refractivity contribution in [1.82, 2.24) is 0 Å². The molecule has 0 atom stereocenters. The van der Waals surface area contributed by atoms with Gasteiger partial charge in [-0.2, -0.15) is 0 Å². The number of rotatable bonds is 5. The van der Waals surface area contributed by atoms with Gasteiger partial charge in [0.1, 0.15) is 0 Å². The second kappa shape index (κ2) is 6.89. The number of hydrogen-bond acceptors (Lipinski definition) is 3. The second-order valence-corrected chi connectivity index (χ2v) is 7.36. The zero-order chi connectivity index (χ0) is 16.2. The summed E-state index contributed by atoms with van der Waals surface area (Å²) in [5.74, 6) is -0.145. The van der Waals surface area contributed by atoms with E-state index < -0.39 is 10.0 Å². The zero-order valence-electron chi connectivity index (χ0n) is 11.8. The molecular formula is C16H14BrNO3S. The van der Waals surface area contributed by atoms with Crippen molar-refractivity contribution in [3.8, 4) is 0 Å². The first-order chi connectivity index (χ1) is 10.3. The summed E-state index contributed by atoms with van der Waals surface area (Å²) in [6.07, 6.45) is 4.30. The number of allylic oxidation sites excluding steroid dienone is 1. The number of carbonyl (C=O) groups excluding carboxylic acids is 1. The molecule has 0 heterocycles. The number of carbonyl (C=O) groups is 1. The lowest BCUT2D eigenvalue weighted by atomic mass is 10.1. The van der Waals surface area contributed by atoms with Crippen molar-refractivity contribution in [2.75, 3.05) is 11.0 Å². The van der Waals surface area contributed by atoms with Crippen LogP contribution in [0.5, 0.6) is 0 Å². The largest absolute Gasteiger partial charge is 0.289 e. The minimum Gasteiger partial charge on any atom is -0.289 e. The fraction of sp³-hybridized carbons (Fsp3) is 0.0625. The van der Waals surface area contributed by atoms with Crippen LogP contribution in [0.25, 0.3) is 6.08 Å². The number of halogens is 1. The van der Waals surface area contributed by atoms with E-state index in [1.165, 1.54) is 6.08 Å². The maximum absolute atomic E-state index is 12.0. The quantitative estimate of drug-likeness (QED) is 0.635. The van der Waals surface area contributed by atoms with Crippen LogP contribution in [0.2, 0.25) is 0 Å². The van der Waals surface area contributed by atoms with Crippen molar-refractivity contribution < 1.29 is 13.2 Å². The summed E-state index contributed by atoms with van der Waals surface area (Å²) in [5.41, 5.74) is 1.84. The highest BCUT2D eigenvalue weighted by Crippen LogP contribution is 2.14. The average molecular weight is 380 g/mol. The van der Waals surface area contributed by atoms with Crippen LogP contribution in [0, 0.1) is 0 Å². The number of ketones is 1. The van der Waals surface area contributed by atoms with Crippen LogP contribution in [0.4, 0.5) is 5.69 Å². The highest BCUT2D eigenvalue weighted by Gasteiger charge is 2.04. The van der Waals surface area contributed by atoms with Gasteiger partial charge in [0.25, 0.3) is 0 Å². The predicted molar refractivity (Wildman–Crippen MR) is 92.4 cm³/mol. The fourth-order valence-electron chi connectivity index (χ4n) is 1.76. The molecule has 0 radical (unpaired) electrons. The minimum absolute atomic E-state index is 0.145. The van der Waals surface area contributed by atoms with E-state index in [2.05, 4.69) is 20.7 Å². The molecule has 0 aliphatic heterocycles. The second-order valence-electron chi connectivity index (χ2n) is 4.70. The lowest BCUT2D eigenvalue weighted by Gasteiger charge is -2.04. The standard InChI is InChI=1S/C16H14BrNO3S/c1-22(20,21)18-15-9-5-13(6-10-15)16(19)11-4-12-2-7-14(17)8-3-12/h2-11,18H,1H3. The fourth-order valence-corrected chi connectivity index (χ4v) is 2.59. The van der Waals surface area contributed by atoms with Crippen LogP contribution in [0.1, 0.15) is 15.9 Å². The Morgan fingerprint density at radius 3 is 2.18 bits per heavy atom. The molecule has 2 rings (SSSR count). The van der Waals surface area contributed by atoms with Gasteiger partial charge >= 0.3 is 0 Å². The van der Waals surface area contributed by atoms with E-state index in [1.807, 2.05) is 24.3 Å². The molecule has 22 heavy (non-hydrogen) atoms. The molecule has 0 amide bonds. The minimum atomic E-state index is -3.31. The highest BCUT2D eigenvalue weighted by atomic mass is 79.9. The summed E-state index contributed by atoms with van der Waals surface area (Å²) in [6, 6.07) is 13.9.